The Morgan fingerprint density at radius 1 is 1.39 bits per heavy atom. The number of carbonyl (C=O) groups is 2. The van der Waals surface area contributed by atoms with Crippen LogP contribution in [0.2, 0.25) is 0 Å². The number of para-hydroxylation sites is 1. The summed E-state index contributed by atoms with van der Waals surface area (Å²) >= 11 is 0. The molecule has 1 fully saturated rings. The third-order valence-corrected chi connectivity index (χ3v) is 3.10. The van der Waals surface area contributed by atoms with E-state index in [0.29, 0.717) is 19.4 Å². The molecule has 2 amide bonds. The Morgan fingerprint density at radius 2 is 2.11 bits per heavy atom. The Morgan fingerprint density at radius 3 is 2.78 bits per heavy atom. The molecule has 1 aromatic carbocycles. The number of nitrogens with one attached hydrogen (secondary N) is 1. The fraction of sp³-hybridized carbons (Fsp3) is 0.429. The Kier molecular flexibility index (Phi) is 3.97. The minimum absolute atomic E-state index is 0.0258. The Hall–Kier alpha value is -1.84. The molecular formula is C14H18N2O2. The first-order valence-electron chi connectivity index (χ1n) is 6.39. The van der Waals surface area contributed by atoms with E-state index in [0.717, 1.165) is 12.1 Å². The maximum Gasteiger partial charge on any atom is 0.243 e. The molecule has 1 aromatic rings. The van der Waals surface area contributed by atoms with Crippen molar-refractivity contribution in [3.8, 4) is 0 Å². The van der Waals surface area contributed by atoms with Crippen LogP contribution in [0.15, 0.2) is 30.3 Å². The third-order valence-electron chi connectivity index (χ3n) is 3.10. The summed E-state index contributed by atoms with van der Waals surface area (Å²) in [6.45, 7) is 2.67. The molecule has 0 bridgehead atoms. The summed E-state index contributed by atoms with van der Waals surface area (Å²) in [6, 6.07) is 9.03. The third kappa shape index (κ3) is 2.53. The number of anilines is 1. The van der Waals surface area contributed by atoms with Crippen molar-refractivity contribution in [3.63, 3.8) is 0 Å². The number of hydrogen-bond donors (Lipinski definition) is 1. The summed E-state index contributed by atoms with van der Waals surface area (Å²) in [5.41, 5.74) is 0.802. The van der Waals surface area contributed by atoms with Crippen LogP contribution >= 0.6 is 0 Å². The summed E-state index contributed by atoms with van der Waals surface area (Å²) in [4.78, 5) is 25.6. The van der Waals surface area contributed by atoms with E-state index >= 15 is 0 Å². The zero-order chi connectivity index (χ0) is 13.0. The van der Waals surface area contributed by atoms with Crippen LogP contribution in [0.1, 0.15) is 26.2 Å². The van der Waals surface area contributed by atoms with E-state index in [1.54, 1.807) is 4.90 Å². The molecule has 1 aliphatic heterocycles. The van der Waals surface area contributed by atoms with Crippen molar-refractivity contribution in [3.05, 3.63) is 30.3 Å². The topological polar surface area (TPSA) is 49.4 Å². The molecule has 1 atom stereocenters. The van der Waals surface area contributed by atoms with Gasteiger partial charge in [0.15, 0.2) is 0 Å². The van der Waals surface area contributed by atoms with E-state index in [-0.39, 0.29) is 17.9 Å². The molecule has 0 radical (unpaired) electrons. The van der Waals surface area contributed by atoms with Gasteiger partial charge in [-0.2, -0.15) is 0 Å². The van der Waals surface area contributed by atoms with Crippen molar-refractivity contribution in [2.24, 2.45) is 0 Å². The lowest BCUT2D eigenvalue weighted by molar-refractivity contribution is -0.123. The van der Waals surface area contributed by atoms with Gasteiger partial charge in [-0.05, 0) is 25.0 Å². The van der Waals surface area contributed by atoms with Gasteiger partial charge in [0.2, 0.25) is 11.8 Å². The monoisotopic (exact) mass is 246 g/mol. The second kappa shape index (κ2) is 5.67. The highest BCUT2D eigenvalue weighted by Gasteiger charge is 2.36. The van der Waals surface area contributed by atoms with Crippen molar-refractivity contribution in [1.82, 2.24) is 5.32 Å². The van der Waals surface area contributed by atoms with Crippen LogP contribution in [-0.2, 0) is 9.59 Å². The zero-order valence-electron chi connectivity index (χ0n) is 10.6. The predicted octanol–water partition coefficient (Wildman–Crippen LogP) is 1.71. The molecule has 1 aliphatic rings. The number of nitrogens with zero attached hydrogens (tertiary/aromatic N) is 1. The highest BCUT2D eigenvalue weighted by molar-refractivity contribution is 6.03. The average Bonchev–Trinajstić information content (AvgIpc) is 2.79. The molecule has 4 heteroatoms. The molecule has 1 unspecified atom stereocenters. The lowest BCUT2D eigenvalue weighted by atomic mass is 10.2. The van der Waals surface area contributed by atoms with Gasteiger partial charge in [0.05, 0.1) is 0 Å². The number of rotatable bonds is 4. The van der Waals surface area contributed by atoms with Gasteiger partial charge in [-0.25, -0.2) is 0 Å². The lowest BCUT2D eigenvalue weighted by Gasteiger charge is -2.24. The summed E-state index contributed by atoms with van der Waals surface area (Å²) in [5.74, 6) is -0.0237. The Labute approximate surface area is 107 Å². The number of hydrogen-bond acceptors (Lipinski definition) is 2. The molecule has 0 saturated carbocycles. The number of carbonyl (C=O) groups excluding carboxylic acids is 2. The van der Waals surface area contributed by atoms with Gasteiger partial charge in [-0.15, -0.1) is 0 Å². The van der Waals surface area contributed by atoms with E-state index in [2.05, 4.69) is 5.32 Å². The van der Waals surface area contributed by atoms with Crippen molar-refractivity contribution >= 4 is 17.5 Å². The van der Waals surface area contributed by atoms with Crippen LogP contribution in [0, 0.1) is 0 Å². The second-order valence-electron chi connectivity index (χ2n) is 4.44. The van der Waals surface area contributed by atoms with E-state index < -0.39 is 0 Å². The van der Waals surface area contributed by atoms with E-state index in [4.69, 9.17) is 0 Å². The van der Waals surface area contributed by atoms with Gasteiger partial charge in [0.1, 0.15) is 6.04 Å². The quantitative estimate of drug-likeness (QED) is 0.879. The fourth-order valence-corrected chi connectivity index (χ4v) is 2.21. The molecular weight excluding hydrogens is 228 g/mol. The summed E-state index contributed by atoms with van der Waals surface area (Å²) in [5, 5.41) is 2.86. The van der Waals surface area contributed by atoms with Crippen molar-refractivity contribution in [2.75, 3.05) is 11.4 Å². The first kappa shape index (κ1) is 12.6. The van der Waals surface area contributed by atoms with E-state index in [1.807, 2.05) is 37.3 Å². The van der Waals surface area contributed by atoms with Crippen molar-refractivity contribution in [1.29, 1.82) is 0 Å². The standard InChI is InChI=1S/C14H18N2O2/c1-2-10-15-14(18)12-8-9-13(17)16(12)11-6-4-3-5-7-11/h3-7,12H,2,8-10H2,1H3,(H,15,18). The molecule has 4 nitrogen and oxygen atoms in total. The molecule has 0 aromatic heterocycles. The first-order valence-corrected chi connectivity index (χ1v) is 6.39. The fourth-order valence-electron chi connectivity index (χ4n) is 2.21. The molecule has 1 N–H and O–H groups in total. The van der Waals surface area contributed by atoms with Gasteiger partial charge in [-0.1, -0.05) is 25.1 Å². The Bertz CT molecular complexity index is 431. The van der Waals surface area contributed by atoms with E-state index in [9.17, 15) is 9.59 Å². The van der Waals surface area contributed by atoms with Crippen molar-refractivity contribution in [2.45, 2.75) is 32.2 Å². The SMILES string of the molecule is CCCNC(=O)C1CCC(=O)N1c1ccccc1. The molecule has 96 valence electrons. The smallest absolute Gasteiger partial charge is 0.243 e. The normalized spacial score (nSPS) is 19.1. The number of benzene rings is 1. The highest BCUT2D eigenvalue weighted by Crippen LogP contribution is 2.26. The zero-order valence-corrected chi connectivity index (χ0v) is 10.6. The van der Waals surface area contributed by atoms with Crippen LogP contribution in [0.25, 0.3) is 0 Å². The molecule has 0 spiro atoms. The minimum Gasteiger partial charge on any atom is -0.354 e. The van der Waals surface area contributed by atoms with Crippen LogP contribution in [-0.4, -0.2) is 24.4 Å². The summed E-state index contributed by atoms with van der Waals surface area (Å²) < 4.78 is 0. The van der Waals surface area contributed by atoms with E-state index in [1.165, 1.54) is 0 Å². The van der Waals surface area contributed by atoms with Gasteiger partial charge >= 0.3 is 0 Å². The first-order chi connectivity index (χ1) is 8.74. The highest BCUT2D eigenvalue weighted by atomic mass is 16.2. The lowest BCUT2D eigenvalue weighted by Crippen LogP contribution is -2.45. The van der Waals surface area contributed by atoms with Gasteiger partial charge in [-0.3, -0.25) is 14.5 Å². The molecule has 18 heavy (non-hydrogen) atoms. The van der Waals surface area contributed by atoms with Gasteiger partial charge < -0.3 is 5.32 Å². The number of amides is 2. The largest absolute Gasteiger partial charge is 0.354 e. The van der Waals surface area contributed by atoms with Crippen molar-refractivity contribution < 1.29 is 9.59 Å². The maximum absolute atomic E-state index is 12.0. The Balaban J connectivity index is 2.15. The second-order valence-corrected chi connectivity index (χ2v) is 4.44. The van der Waals surface area contributed by atoms with Gasteiger partial charge in [0, 0.05) is 18.7 Å². The molecule has 1 saturated heterocycles. The maximum atomic E-state index is 12.0. The summed E-state index contributed by atoms with van der Waals surface area (Å²) in [6.07, 6.45) is 1.94. The molecule has 1 heterocycles. The van der Waals surface area contributed by atoms with Gasteiger partial charge in [0.25, 0.3) is 0 Å². The average molecular weight is 246 g/mol. The van der Waals surface area contributed by atoms with Crippen LogP contribution < -0.4 is 10.2 Å². The predicted molar refractivity (Wildman–Crippen MR) is 70.3 cm³/mol. The molecule has 2 rings (SSSR count). The molecule has 0 aliphatic carbocycles. The summed E-state index contributed by atoms with van der Waals surface area (Å²) in [7, 11) is 0. The van der Waals surface area contributed by atoms with Crippen LogP contribution in [0.3, 0.4) is 0 Å². The minimum atomic E-state index is -0.355. The van der Waals surface area contributed by atoms with Crippen LogP contribution in [0.5, 0.6) is 0 Å². The van der Waals surface area contributed by atoms with Crippen LogP contribution in [0.4, 0.5) is 5.69 Å².